The average molecular weight is 563 g/mol. The Bertz CT molecular complexity index is 1560. The fraction of sp³-hybridized carbons (Fsp3) is 0.417. The molecule has 38 heavy (non-hydrogen) atoms. The molecule has 1 amide bonds. The molecule has 2 fully saturated rings. The maximum Gasteiger partial charge on any atom is 0.327 e. The van der Waals surface area contributed by atoms with E-state index in [0.29, 0.717) is 47.7 Å². The fourth-order valence-corrected chi connectivity index (χ4v) is 6.62. The van der Waals surface area contributed by atoms with Crippen LogP contribution >= 0.6 is 11.6 Å². The maximum absolute atomic E-state index is 13.3. The van der Waals surface area contributed by atoms with Crippen LogP contribution in [0.25, 0.3) is 10.9 Å². The van der Waals surface area contributed by atoms with E-state index in [9.17, 15) is 27.9 Å². The molecule has 4 heterocycles. The Morgan fingerprint density at radius 2 is 1.89 bits per heavy atom. The number of aromatic nitrogens is 3. The van der Waals surface area contributed by atoms with E-state index in [1.807, 2.05) is 4.90 Å². The van der Waals surface area contributed by atoms with Crippen LogP contribution in [0.15, 0.2) is 46.2 Å². The van der Waals surface area contributed by atoms with E-state index in [1.165, 1.54) is 21.7 Å². The third kappa shape index (κ3) is 5.00. The third-order valence-corrected chi connectivity index (χ3v) is 9.15. The summed E-state index contributed by atoms with van der Waals surface area (Å²) in [6.07, 6.45) is 1.39. The zero-order valence-corrected chi connectivity index (χ0v) is 22.2. The first-order chi connectivity index (χ1) is 18.0. The van der Waals surface area contributed by atoms with Gasteiger partial charge < -0.3 is 19.9 Å². The number of aromatic amines is 1. The minimum Gasteiger partial charge on any atom is -0.480 e. The number of anilines is 1. The highest BCUT2D eigenvalue weighted by Gasteiger charge is 2.43. The predicted octanol–water partition coefficient (Wildman–Crippen LogP) is 1.12. The molecule has 12 nitrogen and oxygen atoms in total. The van der Waals surface area contributed by atoms with E-state index in [0.717, 1.165) is 4.31 Å². The summed E-state index contributed by atoms with van der Waals surface area (Å²) in [5, 5.41) is 15.1. The molecule has 202 valence electrons. The molecular formula is C24H27ClN6O6S. The number of sulfonamides is 1. The van der Waals surface area contributed by atoms with Crippen molar-refractivity contribution in [3.8, 4) is 0 Å². The minimum atomic E-state index is -4.15. The van der Waals surface area contributed by atoms with Crippen LogP contribution in [0.4, 0.5) is 5.82 Å². The summed E-state index contributed by atoms with van der Waals surface area (Å²) in [7, 11) is -2.56. The van der Waals surface area contributed by atoms with Crippen molar-refractivity contribution in [1.82, 2.24) is 24.0 Å². The molecule has 0 bridgehead atoms. The molecule has 1 atom stereocenters. The molecule has 0 aliphatic carbocycles. The van der Waals surface area contributed by atoms with Crippen molar-refractivity contribution in [2.75, 3.05) is 37.6 Å². The summed E-state index contributed by atoms with van der Waals surface area (Å²) in [6, 6.07) is 8.17. The van der Waals surface area contributed by atoms with Gasteiger partial charge in [0.15, 0.2) is 0 Å². The highest BCUT2D eigenvalue weighted by Crippen LogP contribution is 2.28. The van der Waals surface area contributed by atoms with Gasteiger partial charge in [0.25, 0.3) is 15.6 Å². The van der Waals surface area contributed by atoms with Crippen molar-refractivity contribution in [2.45, 2.75) is 23.9 Å². The van der Waals surface area contributed by atoms with E-state index in [2.05, 4.69) is 10.1 Å². The molecule has 2 saturated heterocycles. The van der Waals surface area contributed by atoms with Crippen molar-refractivity contribution in [3.05, 3.63) is 51.8 Å². The second-order valence-electron chi connectivity index (χ2n) is 9.65. The Hall–Kier alpha value is -3.42. The van der Waals surface area contributed by atoms with Gasteiger partial charge in [-0.25, -0.2) is 17.9 Å². The van der Waals surface area contributed by atoms with Crippen LogP contribution in [0.5, 0.6) is 0 Å². The van der Waals surface area contributed by atoms with E-state index in [4.69, 9.17) is 11.6 Å². The molecule has 2 N–H and O–H groups in total. The Balaban J connectivity index is 1.28. The first kappa shape index (κ1) is 26.2. The van der Waals surface area contributed by atoms with Gasteiger partial charge in [0.05, 0.1) is 6.54 Å². The number of rotatable bonds is 6. The number of H-pyrrole nitrogens is 1. The lowest BCUT2D eigenvalue weighted by atomic mass is 9.95. The zero-order chi connectivity index (χ0) is 27.2. The van der Waals surface area contributed by atoms with Gasteiger partial charge in [-0.1, -0.05) is 11.6 Å². The van der Waals surface area contributed by atoms with Crippen LogP contribution in [0, 0.1) is 5.92 Å². The second-order valence-corrected chi connectivity index (χ2v) is 12.0. The molecular weight excluding hydrogens is 536 g/mol. The lowest BCUT2D eigenvalue weighted by Gasteiger charge is -2.41. The number of carbonyl (C=O) groups is 2. The molecule has 0 radical (unpaired) electrons. The standard InChI is InChI=1S/C24H27ClN6O6S/c1-28-22(32)5-4-20(27-28)29-8-6-15(7-9-29)12-31-19(24(34)35)13-30(14-23(31)33)38(36,37)21-11-16-10-17(25)2-3-18(16)26-21/h2-5,10-11,15,19,26H,6-9,12-14H2,1H3,(H,34,35)/t19-/m1/s1. The number of piperidine rings is 1. The Morgan fingerprint density at radius 3 is 2.58 bits per heavy atom. The monoisotopic (exact) mass is 562 g/mol. The highest BCUT2D eigenvalue weighted by molar-refractivity contribution is 7.89. The van der Waals surface area contributed by atoms with Crippen LogP contribution in [0.1, 0.15) is 12.8 Å². The van der Waals surface area contributed by atoms with Crippen molar-refractivity contribution < 1.29 is 23.1 Å². The van der Waals surface area contributed by atoms with E-state index >= 15 is 0 Å². The Kier molecular flexibility index (Phi) is 6.92. The Morgan fingerprint density at radius 1 is 1.16 bits per heavy atom. The lowest BCUT2D eigenvalue weighted by molar-refractivity contribution is -0.154. The van der Waals surface area contributed by atoms with Gasteiger partial charge in [-0.05, 0) is 49.1 Å². The largest absolute Gasteiger partial charge is 0.480 e. The number of nitrogens with one attached hydrogen (secondary N) is 1. The van der Waals surface area contributed by atoms with Gasteiger partial charge in [0.1, 0.15) is 16.9 Å². The van der Waals surface area contributed by atoms with Crippen LogP contribution in [0.3, 0.4) is 0 Å². The third-order valence-electron chi connectivity index (χ3n) is 7.19. The number of nitrogens with zero attached hydrogens (tertiary/aromatic N) is 5. The Labute approximate surface area is 223 Å². The number of halogens is 1. The number of carboxylic acid groups (broad SMARTS) is 1. The number of carbonyl (C=O) groups excluding carboxylic acids is 1. The van der Waals surface area contributed by atoms with Crippen LogP contribution < -0.4 is 10.5 Å². The summed E-state index contributed by atoms with van der Waals surface area (Å²) < 4.78 is 28.9. The SMILES string of the molecule is Cn1nc(N2CCC(CN3C(=O)CN(S(=O)(=O)c4cc5cc(Cl)ccc5[nH]4)C[C@@H]3C(=O)O)CC2)ccc1=O. The molecule has 0 saturated carbocycles. The number of hydrogen-bond donors (Lipinski definition) is 2. The van der Waals surface area contributed by atoms with Gasteiger partial charge in [-0.15, -0.1) is 0 Å². The normalized spacial score (nSPS) is 19.8. The molecule has 14 heteroatoms. The van der Waals surface area contributed by atoms with Gasteiger partial charge in [-0.3, -0.25) is 9.59 Å². The van der Waals surface area contributed by atoms with Crippen molar-refractivity contribution in [3.63, 3.8) is 0 Å². The minimum absolute atomic E-state index is 0.0474. The number of benzene rings is 1. The number of fused-ring (bicyclic) bond motifs is 1. The summed E-state index contributed by atoms with van der Waals surface area (Å²) in [5.74, 6) is -1.07. The lowest BCUT2D eigenvalue weighted by Crippen LogP contribution is -2.61. The summed E-state index contributed by atoms with van der Waals surface area (Å²) in [5.41, 5.74) is 0.365. The van der Waals surface area contributed by atoms with Crippen molar-refractivity contribution in [1.29, 1.82) is 0 Å². The van der Waals surface area contributed by atoms with Crippen molar-refractivity contribution in [2.24, 2.45) is 13.0 Å². The number of hydrogen-bond acceptors (Lipinski definition) is 7. The first-order valence-electron chi connectivity index (χ1n) is 12.1. The van der Waals surface area contributed by atoms with Gasteiger partial charge in [0, 0.05) is 55.2 Å². The van der Waals surface area contributed by atoms with Crippen LogP contribution in [-0.4, -0.2) is 88.1 Å². The van der Waals surface area contributed by atoms with Gasteiger partial charge in [0.2, 0.25) is 5.91 Å². The molecule has 2 aromatic heterocycles. The molecule has 2 aliphatic rings. The van der Waals surface area contributed by atoms with Gasteiger partial charge >= 0.3 is 5.97 Å². The average Bonchev–Trinajstić information content (AvgIpc) is 3.31. The van der Waals surface area contributed by atoms with Crippen molar-refractivity contribution >= 4 is 50.2 Å². The molecule has 0 unspecified atom stereocenters. The molecule has 5 rings (SSSR count). The predicted molar refractivity (Wildman–Crippen MR) is 140 cm³/mol. The van der Waals surface area contributed by atoms with Crippen LogP contribution in [0.2, 0.25) is 5.02 Å². The summed E-state index contributed by atoms with van der Waals surface area (Å²) in [4.78, 5) is 43.1. The quantitative estimate of drug-likeness (QED) is 0.454. The topological polar surface area (TPSA) is 149 Å². The summed E-state index contributed by atoms with van der Waals surface area (Å²) >= 11 is 6.00. The fourth-order valence-electron chi connectivity index (χ4n) is 5.03. The highest BCUT2D eigenvalue weighted by atomic mass is 35.5. The smallest absolute Gasteiger partial charge is 0.327 e. The summed E-state index contributed by atoms with van der Waals surface area (Å²) in [6.45, 7) is 0.716. The zero-order valence-electron chi connectivity index (χ0n) is 20.6. The number of carboxylic acids is 1. The van der Waals surface area contributed by atoms with Gasteiger partial charge in [-0.2, -0.15) is 9.40 Å². The number of aliphatic carboxylic acids is 1. The number of aryl methyl sites for hydroxylation is 1. The molecule has 2 aliphatic heterocycles. The van der Waals surface area contributed by atoms with E-state index in [1.54, 1.807) is 31.3 Å². The number of piperazine rings is 1. The van der Waals surface area contributed by atoms with Crippen LogP contribution in [-0.2, 0) is 26.7 Å². The molecule has 3 aromatic rings. The van der Waals surface area contributed by atoms with E-state index < -0.39 is 34.5 Å². The second kappa shape index (κ2) is 10.0. The molecule has 1 aromatic carbocycles. The first-order valence-corrected chi connectivity index (χ1v) is 13.9. The maximum atomic E-state index is 13.3. The number of amides is 1. The molecule has 0 spiro atoms. The van der Waals surface area contributed by atoms with E-state index in [-0.39, 0.29) is 29.6 Å².